The maximum absolute atomic E-state index is 14.1. The van der Waals surface area contributed by atoms with Crippen LogP contribution in [0, 0.1) is 40.3 Å². The fourth-order valence-corrected chi connectivity index (χ4v) is 6.70. The van der Waals surface area contributed by atoms with Gasteiger partial charge in [0.15, 0.2) is 6.10 Å². The molecule has 2 N–H and O–H groups in total. The summed E-state index contributed by atoms with van der Waals surface area (Å²) in [5.74, 6) is -2.66. The second-order valence-electron chi connectivity index (χ2n) is 15.1. The Labute approximate surface area is 319 Å². The molecule has 0 saturated carbocycles. The van der Waals surface area contributed by atoms with Gasteiger partial charge in [0.05, 0.1) is 18.6 Å². The van der Waals surface area contributed by atoms with Crippen molar-refractivity contribution in [2.75, 3.05) is 27.2 Å². The Balaban J connectivity index is 3.21. The van der Waals surface area contributed by atoms with Crippen molar-refractivity contribution in [3.8, 4) is 10.8 Å². The molecule has 4 amide bonds. The number of likely N-dealkylation sites (tertiary alicyclic amines) is 1. The smallest absolute Gasteiger partial charge is 0.329 e. The lowest BCUT2D eigenvalue weighted by molar-refractivity contribution is -0.172. The third kappa shape index (κ3) is 12.7. The number of amides is 4. The Morgan fingerprint density at radius 3 is 1.96 bits per heavy atom. The number of ether oxygens (including phenoxy) is 2. The van der Waals surface area contributed by atoms with Crippen LogP contribution in [0.1, 0.15) is 101 Å². The van der Waals surface area contributed by atoms with Crippen LogP contribution in [0.2, 0.25) is 0 Å². The van der Waals surface area contributed by atoms with Crippen molar-refractivity contribution < 1.29 is 43.3 Å². The molecule has 1 aliphatic rings. The van der Waals surface area contributed by atoms with E-state index in [-0.39, 0.29) is 25.0 Å². The van der Waals surface area contributed by atoms with Gasteiger partial charge in [0.1, 0.15) is 24.2 Å². The molecule has 1 fully saturated rings. The molecule has 0 unspecified atom stereocenters. The molecular weight excluding hydrogens is 736 g/mol. The minimum Gasteiger partial charge on any atom is -0.464 e. The summed E-state index contributed by atoms with van der Waals surface area (Å²) in [6.07, 6.45) is 0.293. The fraction of sp³-hybridized carbons (Fsp3) is 0.789. The van der Waals surface area contributed by atoms with Gasteiger partial charge in [-0.3, -0.25) is 19.2 Å². The number of rotatable bonds is 19. The van der Waals surface area contributed by atoms with E-state index < -0.39 is 89.7 Å². The number of likely N-dealkylation sites (N-methyl/N-ethyl adjacent to an activating group) is 2. The van der Waals surface area contributed by atoms with Gasteiger partial charge in [-0.1, -0.05) is 68.2 Å². The van der Waals surface area contributed by atoms with Gasteiger partial charge in [0.2, 0.25) is 17.7 Å². The van der Waals surface area contributed by atoms with Crippen LogP contribution < -0.4 is 5.32 Å². The molecule has 1 rings (SSSR count). The molecule has 0 aromatic rings. The number of carbonyl (C=O) groups excluding carboxylic acids is 6. The van der Waals surface area contributed by atoms with E-state index in [1.807, 2.05) is 13.8 Å². The Morgan fingerprint density at radius 2 is 1.46 bits per heavy atom. The molecule has 0 aromatic heterocycles. The van der Waals surface area contributed by atoms with E-state index in [1.165, 1.54) is 28.8 Å². The van der Waals surface area contributed by atoms with Crippen molar-refractivity contribution in [2.45, 2.75) is 138 Å². The number of esters is 2. The third-order valence-electron chi connectivity index (χ3n) is 9.56. The maximum atomic E-state index is 14.1. The highest BCUT2D eigenvalue weighted by Gasteiger charge is 2.45. The quantitative estimate of drug-likeness (QED) is 0.113. The number of hydrogen-bond donors (Lipinski definition) is 2. The molecule has 1 aliphatic heterocycles. The fourth-order valence-electron chi connectivity index (χ4n) is 6.50. The number of nitrogens with one attached hydrogen (secondary N) is 1. The highest BCUT2D eigenvalue weighted by molar-refractivity contribution is 9.12. The van der Waals surface area contributed by atoms with Crippen LogP contribution in [0.4, 0.5) is 0 Å². The van der Waals surface area contributed by atoms with Crippen molar-refractivity contribution in [3.63, 3.8) is 0 Å². The Hall–Kier alpha value is -3.18. The van der Waals surface area contributed by atoms with Gasteiger partial charge in [-0.15, -0.1) is 0 Å². The molecule has 296 valence electrons. The van der Waals surface area contributed by atoms with E-state index in [2.05, 4.69) is 32.0 Å². The van der Waals surface area contributed by atoms with E-state index in [9.17, 15) is 33.9 Å². The van der Waals surface area contributed by atoms with E-state index in [1.54, 1.807) is 55.4 Å². The SMILES string of the molecule is CCOC(=O)[C@@H](C(C)C)N(C)C(=O)[C@@H]1CCCN1C(=O)[C@H](OC(=O)[C@@H](C(C)C)N(C)C(=O)[C@@H](NC(=O)[C@@H](C)[C@H](O)CCCC#CBr)C(C)C)C(C)C. The average Bonchev–Trinajstić information content (AvgIpc) is 3.56. The van der Waals surface area contributed by atoms with Gasteiger partial charge in [0, 0.05) is 43.0 Å². The van der Waals surface area contributed by atoms with E-state index >= 15 is 0 Å². The van der Waals surface area contributed by atoms with Crippen LogP contribution in [0.3, 0.4) is 0 Å². The predicted octanol–water partition coefficient (Wildman–Crippen LogP) is 3.74. The highest BCUT2D eigenvalue weighted by atomic mass is 79.9. The number of carbonyl (C=O) groups is 6. The minimum absolute atomic E-state index is 0.169. The van der Waals surface area contributed by atoms with Crippen molar-refractivity contribution >= 4 is 51.5 Å². The molecule has 0 aliphatic carbocycles. The van der Waals surface area contributed by atoms with Gasteiger partial charge in [-0.2, -0.15) is 0 Å². The van der Waals surface area contributed by atoms with Crippen molar-refractivity contribution in [1.29, 1.82) is 0 Å². The van der Waals surface area contributed by atoms with Crippen molar-refractivity contribution in [2.24, 2.45) is 29.6 Å². The highest BCUT2D eigenvalue weighted by Crippen LogP contribution is 2.26. The van der Waals surface area contributed by atoms with Crippen LogP contribution in [0.25, 0.3) is 0 Å². The number of aliphatic hydroxyl groups excluding tert-OH is 1. The van der Waals surface area contributed by atoms with Crippen LogP contribution in [-0.2, 0) is 38.2 Å². The van der Waals surface area contributed by atoms with E-state index in [0.717, 1.165) is 0 Å². The van der Waals surface area contributed by atoms with Crippen LogP contribution in [0.15, 0.2) is 0 Å². The summed E-state index contributed by atoms with van der Waals surface area (Å²) in [5, 5.41) is 13.4. The summed E-state index contributed by atoms with van der Waals surface area (Å²) in [5.41, 5.74) is 0. The molecule has 0 bridgehead atoms. The van der Waals surface area contributed by atoms with Crippen molar-refractivity contribution in [1.82, 2.24) is 20.0 Å². The molecule has 0 radical (unpaired) electrons. The third-order valence-corrected chi connectivity index (χ3v) is 9.85. The zero-order valence-corrected chi connectivity index (χ0v) is 34.8. The largest absolute Gasteiger partial charge is 0.464 e. The molecular formula is C38H63BrN4O9. The number of nitrogens with zero attached hydrogens (tertiary/aromatic N) is 3. The van der Waals surface area contributed by atoms with Gasteiger partial charge in [-0.05, 0) is 61.1 Å². The summed E-state index contributed by atoms with van der Waals surface area (Å²) in [6.45, 7) is 17.9. The second-order valence-corrected chi connectivity index (χ2v) is 15.5. The Bertz CT molecular complexity index is 1290. The summed E-state index contributed by atoms with van der Waals surface area (Å²) in [6, 6.07) is -3.78. The normalized spacial score (nSPS) is 17.8. The summed E-state index contributed by atoms with van der Waals surface area (Å²) in [7, 11) is 2.99. The lowest BCUT2D eigenvalue weighted by Crippen LogP contribution is -2.58. The first kappa shape index (κ1) is 46.8. The van der Waals surface area contributed by atoms with Crippen LogP contribution in [-0.4, -0.2) is 119 Å². The number of halogens is 1. The zero-order chi connectivity index (χ0) is 40.0. The van der Waals surface area contributed by atoms with Crippen LogP contribution in [0.5, 0.6) is 0 Å². The standard InChI is InChI=1S/C38H63BrN4O9/c1-13-51-37(49)30(23(4)5)41(11)34(46)27-18-17-21-43(27)36(48)32(25(8)9)52-38(50)31(24(6)7)42(12)35(47)29(22(2)3)40-33(45)26(10)28(44)19-15-14-16-20-39/h22-32,44H,13-15,17-19,21H2,1-12H3,(H,40,45)/t26-,27-,28+,29-,30+,31+,32+/m0/s1. The lowest BCUT2D eigenvalue weighted by atomic mass is 9.95. The topological polar surface area (TPSA) is 163 Å². The minimum atomic E-state index is -1.25. The van der Waals surface area contributed by atoms with E-state index in [4.69, 9.17) is 9.47 Å². The zero-order valence-electron chi connectivity index (χ0n) is 33.2. The summed E-state index contributed by atoms with van der Waals surface area (Å²) in [4.78, 5) is 88.2. The molecule has 14 heteroatoms. The first-order valence-corrected chi connectivity index (χ1v) is 19.3. The Morgan fingerprint density at radius 1 is 0.885 bits per heavy atom. The van der Waals surface area contributed by atoms with Gasteiger partial charge < -0.3 is 34.6 Å². The second kappa shape index (κ2) is 22.1. The maximum Gasteiger partial charge on any atom is 0.329 e. The van der Waals surface area contributed by atoms with E-state index in [0.29, 0.717) is 32.1 Å². The predicted molar refractivity (Wildman–Crippen MR) is 201 cm³/mol. The lowest BCUT2D eigenvalue weighted by Gasteiger charge is -2.37. The summed E-state index contributed by atoms with van der Waals surface area (Å²) >= 11 is 3.03. The van der Waals surface area contributed by atoms with Gasteiger partial charge >= 0.3 is 11.9 Å². The Kier molecular flexibility index (Phi) is 19.9. The molecule has 52 heavy (non-hydrogen) atoms. The first-order valence-electron chi connectivity index (χ1n) is 18.5. The van der Waals surface area contributed by atoms with Crippen LogP contribution >= 0.6 is 15.9 Å². The first-order chi connectivity index (χ1) is 24.2. The number of unbranched alkanes of at least 4 members (excludes halogenated alkanes) is 1. The molecule has 1 saturated heterocycles. The monoisotopic (exact) mass is 798 g/mol. The molecule has 1 heterocycles. The number of hydrogen-bond acceptors (Lipinski definition) is 9. The molecule has 13 nitrogen and oxygen atoms in total. The molecule has 0 spiro atoms. The molecule has 0 aromatic carbocycles. The van der Waals surface area contributed by atoms with Crippen molar-refractivity contribution in [3.05, 3.63) is 0 Å². The van der Waals surface area contributed by atoms with Gasteiger partial charge in [-0.25, -0.2) is 9.59 Å². The summed E-state index contributed by atoms with van der Waals surface area (Å²) < 4.78 is 11.1. The molecule has 7 atom stereocenters. The van der Waals surface area contributed by atoms with Gasteiger partial charge in [0.25, 0.3) is 5.91 Å². The number of aliphatic hydroxyl groups is 1. The average molecular weight is 800 g/mol.